The maximum absolute atomic E-state index is 13.7. The van der Waals surface area contributed by atoms with Gasteiger partial charge >= 0.3 is 6.03 Å². The minimum atomic E-state index is -1.11. The van der Waals surface area contributed by atoms with E-state index in [9.17, 15) is 14.4 Å². The number of nitrogens with zero attached hydrogens (tertiary/aromatic N) is 4. The lowest BCUT2D eigenvalue weighted by Crippen LogP contribution is -2.64. The molecule has 0 radical (unpaired) electrons. The van der Waals surface area contributed by atoms with Crippen LogP contribution in [0.15, 0.2) is 29.4 Å². The Labute approximate surface area is 243 Å². The largest absolute Gasteiger partial charge is 0.438 e. The van der Waals surface area contributed by atoms with Crippen LogP contribution in [0.3, 0.4) is 0 Å². The van der Waals surface area contributed by atoms with E-state index in [4.69, 9.17) is 4.74 Å². The Morgan fingerprint density at radius 2 is 1.82 bits per heavy atom. The molecule has 1 saturated carbocycles. The number of thioether (sulfide) groups is 1. The van der Waals surface area contributed by atoms with Gasteiger partial charge in [-0.1, -0.05) is 44.2 Å². The standard InChI is InChI=1S/C29H46N6O4S/c1-21(2)13-14-24(36)26-35(32-28(39-26)40-18-17-33(3)4)27(38)31-29(15-8-7-9-16-29)30-25(37)23-12-10-11-22(19-23)20-34(5)6/h10-12,19,21,26H,7-9,13-18,20H2,1-6H3,(H,30,37)(H,31,38). The number of nitrogens with one attached hydrogen (secondary N) is 2. The van der Waals surface area contributed by atoms with Crippen molar-refractivity contribution in [1.29, 1.82) is 0 Å². The summed E-state index contributed by atoms with van der Waals surface area (Å²) in [4.78, 5) is 44.3. The number of benzene rings is 1. The molecule has 0 spiro atoms. The summed E-state index contributed by atoms with van der Waals surface area (Å²) in [6.45, 7) is 5.63. The van der Waals surface area contributed by atoms with Crippen LogP contribution in [0.5, 0.6) is 0 Å². The predicted octanol–water partition coefficient (Wildman–Crippen LogP) is 4.08. The number of Topliss-reactive ketones (excluding diaryl/α,β-unsaturated/α-hetero) is 1. The van der Waals surface area contributed by atoms with Crippen molar-refractivity contribution >= 4 is 34.7 Å². The molecule has 0 bridgehead atoms. The highest BCUT2D eigenvalue weighted by Crippen LogP contribution is 2.29. The van der Waals surface area contributed by atoms with Gasteiger partial charge in [-0.25, -0.2) is 4.79 Å². The van der Waals surface area contributed by atoms with Crippen molar-refractivity contribution in [2.75, 3.05) is 40.5 Å². The van der Waals surface area contributed by atoms with Crippen molar-refractivity contribution in [1.82, 2.24) is 25.4 Å². The first-order chi connectivity index (χ1) is 19.0. The number of carbonyl (C=O) groups is 3. The van der Waals surface area contributed by atoms with E-state index in [1.165, 1.54) is 11.8 Å². The lowest BCUT2D eigenvalue weighted by atomic mass is 9.88. The molecular weight excluding hydrogens is 528 g/mol. The smallest absolute Gasteiger partial charge is 0.343 e. The molecule has 11 heteroatoms. The Morgan fingerprint density at radius 1 is 1.10 bits per heavy atom. The van der Waals surface area contributed by atoms with Gasteiger partial charge < -0.3 is 25.2 Å². The first-order valence-corrected chi connectivity index (χ1v) is 15.2. The number of ketones is 1. The maximum Gasteiger partial charge on any atom is 0.343 e. The van der Waals surface area contributed by atoms with Crippen molar-refractivity contribution < 1.29 is 19.1 Å². The average Bonchev–Trinajstić information content (AvgIpc) is 3.32. The number of rotatable bonds is 12. The molecule has 222 valence electrons. The molecule has 1 unspecified atom stereocenters. The number of ether oxygens (including phenoxy) is 1. The van der Waals surface area contributed by atoms with Crippen molar-refractivity contribution in [3.05, 3.63) is 35.4 Å². The van der Waals surface area contributed by atoms with Gasteiger partial charge in [-0.15, -0.1) is 5.10 Å². The SMILES string of the molecule is CC(C)CCC(=O)C1OC(SCCN(C)C)=NN1C(=O)NC1(NC(=O)c2cccc(CN(C)C)c2)CCCCC1. The van der Waals surface area contributed by atoms with Crippen LogP contribution in [0, 0.1) is 5.92 Å². The molecule has 1 fully saturated rings. The third-order valence-corrected chi connectivity index (χ3v) is 7.75. The minimum Gasteiger partial charge on any atom is -0.438 e. The van der Waals surface area contributed by atoms with Gasteiger partial charge in [0.25, 0.3) is 17.4 Å². The molecule has 2 N–H and O–H groups in total. The number of hydrogen-bond donors (Lipinski definition) is 2. The summed E-state index contributed by atoms with van der Waals surface area (Å²) >= 11 is 1.38. The maximum atomic E-state index is 13.7. The molecule has 40 heavy (non-hydrogen) atoms. The van der Waals surface area contributed by atoms with Gasteiger partial charge in [0.15, 0.2) is 5.78 Å². The second-order valence-electron chi connectivity index (χ2n) is 11.7. The highest BCUT2D eigenvalue weighted by Gasteiger charge is 2.42. The topological polar surface area (TPSA) is 107 Å². The number of urea groups is 1. The predicted molar refractivity (Wildman–Crippen MR) is 160 cm³/mol. The Kier molecular flexibility index (Phi) is 11.8. The number of hydrazone groups is 1. The average molecular weight is 575 g/mol. The molecular formula is C29H46N6O4S. The summed E-state index contributed by atoms with van der Waals surface area (Å²) < 4.78 is 5.91. The summed E-state index contributed by atoms with van der Waals surface area (Å²) in [7, 11) is 7.92. The van der Waals surface area contributed by atoms with Crippen LogP contribution in [0.4, 0.5) is 4.79 Å². The lowest BCUT2D eigenvalue weighted by molar-refractivity contribution is -0.131. The van der Waals surface area contributed by atoms with Gasteiger partial charge in [0.2, 0.25) is 0 Å². The zero-order chi connectivity index (χ0) is 29.3. The van der Waals surface area contributed by atoms with E-state index in [-0.39, 0.29) is 11.7 Å². The minimum absolute atomic E-state index is 0.185. The highest BCUT2D eigenvalue weighted by molar-refractivity contribution is 8.13. The van der Waals surface area contributed by atoms with E-state index in [0.717, 1.165) is 42.9 Å². The van der Waals surface area contributed by atoms with E-state index in [1.807, 2.05) is 56.2 Å². The number of carbonyl (C=O) groups excluding carboxylic acids is 3. The van der Waals surface area contributed by atoms with Crippen LogP contribution >= 0.6 is 11.8 Å². The summed E-state index contributed by atoms with van der Waals surface area (Å²) in [6.07, 6.45) is 3.83. The van der Waals surface area contributed by atoms with Crippen LogP contribution in [-0.2, 0) is 16.1 Å². The van der Waals surface area contributed by atoms with E-state index in [1.54, 1.807) is 6.07 Å². The molecule has 1 aromatic carbocycles. The van der Waals surface area contributed by atoms with E-state index < -0.39 is 17.9 Å². The van der Waals surface area contributed by atoms with E-state index >= 15 is 0 Å². The van der Waals surface area contributed by atoms with Gasteiger partial charge in [0.05, 0.1) is 0 Å². The van der Waals surface area contributed by atoms with Crippen molar-refractivity contribution in [3.63, 3.8) is 0 Å². The Morgan fingerprint density at radius 3 is 2.48 bits per heavy atom. The third kappa shape index (κ3) is 9.49. The fraction of sp³-hybridized carbons (Fsp3) is 0.655. The first-order valence-electron chi connectivity index (χ1n) is 14.2. The molecule has 1 heterocycles. The molecule has 1 aliphatic heterocycles. The van der Waals surface area contributed by atoms with Gasteiger partial charge in [-0.05, 0) is 83.9 Å². The van der Waals surface area contributed by atoms with Crippen LogP contribution < -0.4 is 10.6 Å². The summed E-state index contributed by atoms with van der Waals surface area (Å²) in [5.74, 6) is 0.629. The molecule has 0 aromatic heterocycles. The van der Waals surface area contributed by atoms with Crippen molar-refractivity contribution in [2.45, 2.75) is 77.2 Å². The zero-order valence-corrected chi connectivity index (χ0v) is 25.7. The number of amides is 3. The zero-order valence-electron chi connectivity index (χ0n) is 24.9. The van der Waals surface area contributed by atoms with Gasteiger partial charge in [-0.2, -0.15) is 5.01 Å². The molecule has 1 aromatic rings. The summed E-state index contributed by atoms with van der Waals surface area (Å²) in [6, 6.07) is 6.98. The molecule has 3 amide bonds. The molecule has 0 saturated heterocycles. The normalized spacial score (nSPS) is 18.6. The molecule has 10 nitrogen and oxygen atoms in total. The van der Waals surface area contributed by atoms with Crippen molar-refractivity contribution in [2.24, 2.45) is 11.0 Å². The fourth-order valence-corrected chi connectivity index (χ4v) is 5.70. The first kappa shape index (κ1) is 31.9. The van der Waals surface area contributed by atoms with Crippen molar-refractivity contribution in [3.8, 4) is 0 Å². The van der Waals surface area contributed by atoms with Crippen LogP contribution in [0.25, 0.3) is 0 Å². The van der Waals surface area contributed by atoms with Crippen LogP contribution in [0.1, 0.15) is 74.7 Å². The van der Waals surface area contributed by atoms with Gasteiger partial charge in [0, 0.05) is 30.8 Å². The summed E-state index contributed by atoms with van der Waals surface area (Å²) in [5, 5.41) is 12.0. The molecule has 1 atom stereocenters. The Balaban J connectivity index is 1.78. The number of hydrogen-bond acceptors (Lipinski definition) is 8. The van der Waals surface area contributed by atoms with Gasteiger partial charge in [-0.3, -0.25) is 9.59 Å². The third-order valence-electron chi connectivity index (χ3n) is 6.93. The second-order valence-corrected chi connectivity index (χ2v) is 12.7. The van der Waals surface area contributed by atoms with E-state index in [2.05, 4.69) is 29.6 Å². The van der Waals surface area contributed by atoms with Crippen LogP contribution in [0.2, 0.25) is 0 Å². The summed E-state index contributed by atoms with van der Waals surface area (Å²) in [5.41, 5.74) is 0.638. The quantitative estimate of drug-likeness (QED) is 0.363. The molecule has 2 aliphatic rings. The highest BCUT2D eigenvalue weighted by atomic mass is 32.2. The van der Waals surface area contributed by atoms with Gasteiger partial charge in [0.1, 0.15) is 5.66 Å². The monoisotopic (exact) mass is 574 g/mol. The van der Waals surface area contributed by atoms with Crippen LogP contribution in [-0.4, -0.2) is 90.1 Å². The lowest BCUT2D eigenvalue weighted by Gasteiger charge is -2.39. The Bertz CT molecular complexity index is 1050. The van der Waals surface area contributed by atoms with E-state index in [0.29, 0.717) is 48.1 Å². The fourth-order valence-electron chi connectivity index (χ4n) is 4.76. The molecule has 3 rings (SSSR count). The Hall–Kier alpha value is -2.63. The molecule has 1 aliphatic carbocycles. The second kappa shape index (κ2) is 14.8.